The third kappa shape index (κ3) is 3.49. The minimum atomic E-state index is -0.561. The van der Waals surface area contributed by atoms with E-state index in [4.69, 9.17) is 16.3 Å². The maximum absolute atomic E-state index is 12.6. The van der Waals surface area contributed by atoms with E-state index in [1.165, 1.54) is 23.5 Å². The van der Waals surface area contributed by atoms with Gasteiger partial charge >= 0.3 is 0 Å². The van der Waals surface area contributed by atoms with Gasteiger partial charge in [0.25, 0.3) is 11.6 Å². The van der Waals surface area contributed by atoms with Crippen LogP contribution < -0.4 is 10.1 Å². The summed E-state index contributed by atoms with van der Waals surface area (Å²) in [6.07, 6.45) is 0. The van der Waals surface area contributed by atoms with E-state index in [9.17, 15) is 14.9 Å². The number of carbonyl (C=O) groups excluding carboxylic acids is 1. The van der Waals surface area contributed by atoms with Crippen LogP contribution in [0.3, 0.4) is 0 Å². The van der Waals surface area contributed by atoms with E-state index in [2.05, 4.69) is 5.32 Å². The lowest BCUT2D eigenvalue weighted by atomic mass is 10.2. The summed E-state index contributed by atoms with van der Waals surface area (Å²) in [6, 6.07) is 10.0. The van der Waals surface area contributed by atoms with Crippen molar-refractivity contribution in [1.82, 2.24) is 0 Å². The van der Waals surface area contributed by atoms with Crippen LogP contribution in [-0.2, 0) is 0 Å². The molecule has 134 valence electrons. The molecule has 0 atom stereocenters. The topological polar surface area (TPSA) is 81.5 Å². The third-order valence-electron chi connectivity index (χ3n) is 3.72. The molecule has 2 aromatic carbocycles. The lowest BCUT2D eigenvalue weighted by Gasteiger charge is -2.08. The number of fused-ring (bicyclic) bond motifs is 1. The molecule has 1 amide bonds. The summed E-state index contributed by atoms with van der Waals surface area (Å²) >= 11 is 7.59. The molecular formula is C18H15ClN2O4S. The monoisotopic (exact) mass is 390 g/mol. The van der Waals surface area contributed by atoms with Crippen molar-refractivity contribution in [2.75, 3.05) is 11.9 Å². The molecule has 0 aliphatic carbocycles. The molecule has 0 aliphatic rings. The Morgan fingerprint density at radius 3 is 2.77 bits per heavy atom. The van der Waals surface area contributed by atoms with Gasteiger partial charge in [0.15, 0.2) is 0 Å². The number of anilines is 1. The first-order chi connectivity index (χ1) is 12.4. The average Bonchev–Trinajstić information content (AvgIpc) is 2.92. The number of rotatable bonds is 5. The zero-order valence-electron chi connectivity index (χ0n) is 14.0. The van der Waals surface area contributed by atoms with E-state index in [1.54, 1.807) is 13.0 Å². The Morgan fingerprint density at radius 2 is 2.08 bits per heavy atom. The molecule has 0 bridgehead atoms. The minimum absolute atomic E-state index is 0.0909. The fourth-order valence-corrected chi connectivity index (χ4v) is 4.03. The van der Waals surface area contributed by atoms with Crippen LogP contribution in [0.5, 0.6) is 5.75 Å². The maximum atomic E-state index is 12.6. The molecule has 1 heterocycles. The number of hydrogen-bond acceptors (Lipinski definition) is 5. The largest absolute Gasteiger partial charge is 0.494 e. The predicted molar refractivity (Wildman–Crippen MR) is 104 cm³/mol. The third-order valence-corrected chi connectivity index (χ3v) is 5.37. The number of benzene rings is 2. The Morgan fingerprint density at radius 1 is 1.31 bits per heavy atom. The van der Waals surface area contributed by atoms with Crippen molar-refractivity contribution in [3.8, 4) is 5.75 Å². The van der Waals surface area contributed by atoms with Crippen molar-refractivity contribution < 1.29 is 14.5 Å². The normalized spacial score (nSPS) is 10.7. The standard InChI is InChI=1S/C18H15ClN2O4S/c1-3-25-11-5-7-13(14(9-11)21(23)24)20-18(22)17-16(19)12-6-4-10(2)8-15(12)26-17/h4-9H,3H2,1-2H3,(H,20,22). The molecule has 0 saturated heterocycles. The van der Waals surface area contributed by atoms with E-state index in [-0.39, 0.29) is 11.4 Å². The van der Waals surface area contributed by atoms with Crippen LogP contribution in [0.15, 0.2) is 36.4 Å². The van der Waals surface area contributed by atoms with Crippen LogP contribution in [0.4, 0.5) is 11.4 Å². The van der Waals surface area contributed by atoms with Gasteiger partial charge in [0.2, 0.25) is 0 Å². The summed E-state index contributed by atoms with van der Waals surface area (Å²) < 4.78 is 6.17. The van der Waals surface area contributed by atoms with Crippen molar-refractivity contribution in [1.29, 1.82) is 0 Å². The summed E-state index contributed by atoms with van der Waals surface area (Å²) in [6.45, 7) is 4.13. The molecule has 6 nitrogen and oxygen atoms in total. The summed E-state index contributed by atoms with van der Waals surface area (Å²) in [5.41, 5.74) is 0.912. The van der Waals surface area contributed by atoms with Gasteiger partial charge in [-0.15, -0.1) is 11.3 Å². The van der Waals surface area contributed by atoms with E-state index in [0.717, 1.165) is 15.6 Å². The molecule has 1 aromatic heterocycles. The summed E-state index contributed by atoms with van der Waals surface area (Å²) in [7, 11) is 0. The van der Waals surface area contributed by atoms with Gasteiger partial charge in [-0.1, -0.05) is 23.7 Å². The number of aryl methyl sites for hydroxylation is 1. The number of thiophene rings is 1. The molecule has 1 N–H and O–H groups in total. The Labute approximate surface area is 158 Å². The van der Waals surface area contributed by atoms with Gasteiger partial charge in [0.1, 0.15) is 16.3 Å². The molecule has 0 radical (unpaired) electrons. The van der Waals surface area contributed by atoms with Crippen LogP contribution in [0.2, 0.25) is 5.02 Å². The number of nitrogens with one attached hydrogen (secondary N) is 1. The quantitative estimate of drug-likeness (QED) is 0.465. The van der Waals surface area contributed by atoms with E-state index in [0.29, 0.717) is 22.3 Å². The van der Waals surface area contributed by atoms with Gasteiger partial charge in [-0.25, -0.2) is 0 Å². The highest BCUT2D eigenvalue weighted by atomic mass is 35.5. The first kappa shape index (κ1) is 18.2. The van der Waals surface area contributed by atoms with Gasteiger partial charge in [-0.3, -0.25) is 14.9 Å². The molecule has 0 unspecified atom stereocenters. The molecule has 0 saturated carbocycles. The van der Waals surface area contributed by atoms with Crippen molar-refractivity contribution in [3.63, 3.8) is 0 Å². The van der Waals surface area contributed by atoms with Gasteiger partial charge in [-0.05, 0) is 37.6 Å². The summed E-state index contributed by atoms with van der Waals surface area (Å²) in [4.78, 5) is 23.7. The Hall–Kier alpha value is -2.64. The van der Waals surface area contributed by atoms with Gasteiger partial charge < -0.3 is 10.1 Å². The lowest BCUT2D eigenvalue weighted by Crippen LogP contribution is -2.12. The zero-order chi connectivity index (χ0) is 18.8. The number of halogens is 1. The predicted octanol–water partition coefficient (Wildman–Crippen LogP) is 5.42. The summed E-state index contributed by atoms with van der Waals surface area (Å²) in [5, 5.41) is 15.0. The molecule has 0 aliphatic heterocycles. The fraction of sp³-hybridized carbons (Fsp3) is 0.167. The minimum Gasteiger partial charge on any atom is -0.494 e. The van der Waals surface area contributed by atoms with Crippen molar-refractivity contribution in [3.05, 3.63) is 62.0 Å². The van der Waals surface area contributed by atoms with Crippen LogP contribution in [-0.4, -0.2) is 17.4 Å². The van der Waals surface area contributed by atoms with Crippen LogP contribution in [0, 0.1) is 17.0 Å². The molecule has 0 spiro atoms. The van der Waals surface area contributed by atoms with Crippen LogP contribution >= 0.6 is 22.9 Å². The van der Waals surface area contributed by atoms with Gasteiger partial charge in [0, 0.05) is 10.1 Å². The highest BCUT2D eigenvalue weighted by molar-refractivity contribution is 7.21. The number of nitro groups is 1. The summed E-state index contributed by atoms with van der Waals surface area (Å²) in [5.74, 6) is -0.117. The zero-order valence-corrected chi connectivity index (χ0v) is 15.6. The van der Waals surface area contributed by atoms with Crippen molar-refractivity contribution in [2.24, 2.45) is 0 Å². The fourth-order valence-electron chi connectivity index (χ4n) is 2.52. The highest BCUT2D eigenvalue weighted by Gasteiger charge is 2.22. The number of nitro benzene ring substituents is 1. The van der Waals surface area contributed by atoms with E-state index < -0.39 is 10.8 Å². The van der Waals surface area contributed by atoms with Gasteiger partial charge in [-0.2, -0.15) is 0 Å². The van der Waals surface area contributed by atoms with E-state index in [1.807, 2.05) is 25.1 Å². The number of carbonyl (C=O) groups is 1. The molecule has 0 fully saturated rings. The van der Waals surface area contributed by atoms with Crippen molar-refractivity contribution >= 4 is 50.3 Å². The number of hydrogen-bond donors (Lipinski definition) is 1. The molecule has 8 heteroatoms. The molecule has 26 heavy (non-hydrogen) atoms. The molecule has 3 aromatic rings. The molecule has 3 rings (SSSR count). The first-order valence-corrected chi connectivity index (χ1v) is 9.01. The second-order valence-electron chi connectivity index (χ2n) is 5.57. The van der Waals surface area contributed by atoms with Crippen LogP contribution in [0.25, 0.3) is 10.1 Å². The second kappa shape index (κ2) is 7.31. The second-order valence-corrected chi connectivity index (χ2v) is 7.00. The van der Waals surface area contributed by atoms with E-state index >= 15 is 0 Å². The molecular weight excluding hydrogens is 376 g/mol. The Balaban J connectivity index is 1.95. The smallest absolute Gasteiger partial charge is 0.296 e. The number of amides is 1. The maximum Gasteiger partial charge on any atom is 0.296 e. The van der Waals surface area contributed by atoms with Crippen LogP contribution in [0.1, 0.15) is 22.2 Å². The van der Waals surface area contributed by atoms with Gasteiger partial charge in [0.05, 0.1) is 22.6 Å². The number of ether oxygens (including phenoxy) is 1. The lowest BCUT2D eigenvalue weighted by molar-refractivity contribution is -0.384. The Kier molecular flexibility index (Phi) is 5.11. The number of nitrogens with zero attached hydrogens (tertiary/aromatic N) is 1. The first-order valence-electron chi connectivity index (χ1n) is 7.82. The average molecular weight is 391 g/mol. The Bertz CT molecular complexity index is 1020. The SMILES string of the molecule is CCOc1ccc(NC(=O)c2sc3cc(C)ccc3c2Cl)c([N+](=O)[O-])c1. The van der Waals surface area contributed by atoms with Crippen molar-refractivity contribution in [2.45, 2.75) is 13.8 Å². The highest BCUT2D eigenvalue weighted by Crippen LogP contribution is 2.37.